The standard InChI is InChI=1S/C13H18N2S3/c1-9-8-15(6-7-18-9)10-4-3-5-11(17-2)12(10)13(14)16/h3-5,9H,6-8H2,1-2H3,(H2,14,16). The molecular formula is C13H18N2S3. The number of nitrogens with zero attached hydrogens (tertiary/aromatic N) is 1. The summed E-state index contributed by atoms with van der Waals surface area (Å²) in [5.41, 5.74) is 8.16. The van der Waals surface area contributed by atoms with Crippen LogP contribution in [-0.2, 0) is 0 Å². The summed E-state index contributed by atoms with van der Waals surface area (Å²) in [5, 5.41) is 0.663. The monoisotopic (exact) mass is 298 g/mol. The van der Waals surface area contributed by atoms with Crippen molar-refractivity contribution in [2.75, 3.05) is 30.0 Å². The lowest BCUT2D eigenvalue weighted by molar-refractivity contribution is 0.781. The van der Waals surface area contributed by atoms with Gasteiger partial charge in [0.1, 0.15) is 4.99 Å². The maximum Gasteiger partial charge on any atom is 0.107 e. The molecule has 0 saturated carbocycles. The first-order valence-corrected chi connectivity index (χ1v) is 8.65. The van der Waals surface area contributed by atoms with Gasteiger partial charge in [-0.25, -0.2) is 0 Å². The van der Waals surface area contributed by atoms with Crippen molar-refractivity contribution in [2.24, 2.45) is 5.73 Å². The maximum atomic E-state index is 5.92. The summed E-state index contributed by atoms with van der Waals surface area (Å²) in [7, 11) is 0. The molecule has 18 heavy (non-hydrogen) atoms. The topological polar surface area (TPSA) is 29.3 Å². The Hall–Kier alpha value is -0.390. The van der Waals surface area contributed by atoms with E-state index in [1.165, 1.54) is 16.3 Å². The molecule has 0 spiro atoms. The van der Waals surface area contributed by atoms with Gasteiger partial charge < -0.3 is 10.6 Å². The van der Waals surface area contributed by atoms with Crippen LogP contribution in [0.1, 0.15) is 12.5 Å². The minimum Gasteiger partial charge on any atom is -0.389 e. The van der Waals surface area contributed by atoms with E-state index < -0.39 is 0 Å². The molecule has 5 heteroatoms. The summed E-state index contributed by atoms with van der Waals surface area (Å²) in [6, 6.07) is 6.32. The second kappa shape index (κ2) is 6.17. The van der Waals surface area contributed by atoms with Gasteiger partial charge in [-0.2, -0.15) is 11.8 Å². The molecule has 1 aromatic rings. The highest BCUT2D eigenvalue weighted by Gasteiger charge is 2.21. The van der Waals surface area contributed by atoms with Crippen LogP contribution in [0.25, 0.3) is 0 Å². The summed E-state index contributed by atoms with van der Waals surface area (Å²) in [6.45, 7) is 4.41. The van der Waals surface area contributed by atoms with Crippen LogP contribution in [0.3, 0.4) is 0 Å². The van der Waals surface area contributed by atoms with Crippen LogP contribution in [-0.4, -0.2) is 35.3 Å². The summed E-state index contributed by atoms with van der Waals surface area (Å²) >= 11 is 8.97. The number of nitrogens with two attached hydrogens (primary N) is 1. The second-order valence-electron chi connectivity index (χ2n) is 4.35. The van der Waals surface area contributed by atoms with E-state index in [2.05, 4.69) is 36.3 Å². The van der Waals surface area contributed by atoms with Gasteiger partial charge in [0.2, 0.25) is 0 Å². The third-order valence-corrected chi connectivity index (χ3v) is 5.17. The van der Waals surface area contributed by atoms with Crippen molar-refractivity contribution in [3.63, 3.8) is 0 Å². The Bertz CT molecular complexity index is 448. The quantitative estimate of drug-likeness (QED) is 0.684. The van der Waals surface area contributed by atoms with Crippen molar-refractivity contribution in [3.8, 4) is 0 Å². The van der Waals surface area contributed by atoms with Crippen LogP contribution in [0.2, 0.25) is 0 Å². The van der Waals surface area contributed by atoms with E-state index in [0.29, 0.717) is 10.2 Å². The van der Waals surface area contributed by atoms with Crippen LogP contribution in [0.15, 0.2) is 23.1 Å². The molecule has 0 aromatic heterocycles. The zero-order valence-corrected chi connectivity index (χ0v) is 13.1. The Labute approximate surface area is 123 Å². The van der Waals surface area contributed by atoms with Crippen molar-refractivity contribution < 1.29 is 0 Å². The minimum absolute atomic E-state index is 0.501. The Balaban J connectivity index is 2.40. The number of hydrogen-bond acceptors (Lipinski definition) is 4. The molecule has 1 atom stereocenters. The van der Waals surface area contributed by atoms with Crippen molar-refractivity contribution in [2.45, 2.75) is 17.1 Å². The van der Waals surface area contributed by atoms with Gasteiger partial charge in [0.25, 0.3) is 0 Å². The molecule has 1 unspecified atom stereocenters. The summed E-state index contributed by atoms with van der Waals surface area (Å²) in [5.74, 6) is 1.17. The molecule has 1 saturated heterocycles. The molecule has 1 fully saturated rings. The predicted molar refractivity (Wildman–Crippen MR) is 88.2 cm³/mol. The van der Waals surface area contributed by atoms with Gasteiger partial charge in [0, 0.05) is 40.2 Å². The molecule has 0 bridgehead atoms. The van der Waals surface area contributed by atoms with Gasteiger partial charge >= 0.3 is 0 Å². The number of thioether (sulfide) groups is 2. The molecular weight excluding hydrogens is 280 g/mol. The first kappa shape index (κ1) is 14.0. The van der Waals surface area contributed by atoms with Crippen LogP contribution in [0.4, 0.5) is 5.69 Å². The van der Waals surface area contributed by atoms with E-state index in [0.717, 1.165) is 18.7 Å². The molecule has 0 radical (unpaired) electrons. The molecule has 1 aliphatic rings. The van der Waals surface area contributed by atoms with Crippen LogP contribution in [0, 0.1) is 0 Å². The zero-order chi connectivity index (χ0) is 13.1. The first-order valence-electron chi connectivity index (χ1n) is 5.97. The fourth-order valence-corrected chi connectivity index (χ4v) is 4.16. The molecule has 2 rings (SSSR count). The molecule has 2 nitrogen and oxygen atoms in total. The Kier molecular flexibility index (Phi) is 4.81. The van der Waals surface area contributed by atoms with Crippen molar-refractivity contribution in [3.05, 3.63) is 23.8 Å². The van der Waals surface area contributed by atoms with E-state index in [9.17, 15) is 0 Å². The largest absolute Gasteiger partial charge is 0.389 e. The van der Waals surface area contributed by atoms with Crippen LogP contribution in [0.5, 0.6) is 0 Å². The number of thiocarbonyl (C=S) groups is 1. The fourth-order valence-electron chi connectivity index (χ4n) is 2.24. The minimum atomic E-state index is 0.501. The van der Waals surface area contributed by atoms with Gasteiger partial charge in [-0.1, -0.05) is 25.2 Å². The van der Waals surface area contributed by atoms with E-state index in [4.69, 9.17) is 18.0 Å². The fraction of sp³-hybridized carbons (Fsp3) is 0.462. The number of benzene rings is 1. The second-order valence-corrected chi connectivity index (χ2v) is 7.18. The van der Waals surface area contributed by atoms with E-state index >= 15 is 0 Å². The van der Waals surface area contributed by atoms with Crippen molar-refractivity contribution in [1.82, 2.24) is 0 Å². The third kappa shape index (κ3) is 2.95. The summed E-state index contributed by atoms with van der Waals surface area (Å²) in [4.78, 5) is 4.08. The molecule has 98 valence electrons. The molecule has 2 N–H and O–H groups in total. The third-order valence-electron chi connectivity index (χ3n) is 3.05. The van der Waals surface area contributed by atoms with Gasteiger partial charge in [-0.3, -0.25) is 0 Å². The molecule has 0 aliphatic carbocycles. The molecule has 1 heterocycles. The van der Waals surface area contributed by atoms with E-state index in [1.807, 2.05) is 11.8 Å². The predicted octanol–water partition coefficient (Wildman–Crippen LogP) is 2.98. The Morgan fingerprint density at radius 1 is 1.56 bits per heavy atom. The number of rotatable bonds is 3. The zero-order valence-electron chi connectivity index (χ0n) is 10.7. The Morgan fingerprint density at radius 3 is 2.94 bits per heavy atom. The maximum absolute atomic E-state index is 5.92. The lowest BCUT2D eigenvalue weighted by Crippen LogP contribution is -2.37. The summed E-state index contributed by atoms with van der Waals surface area (Å²) < 4.78 is 0. The van der Waals surface area contributed by atoms with Gasteiger partial charge in [-0.15, -0.1) is 11.8 Å². The molecule has 1 aliphatic heterocycles. The Morgan fingerprint density at radius 2 is 2.33 bits per heavy atom. The van der Waals surface area contributed by atoms with E-state index in [1.54, 1.807) is 11.8 Å². The molecule has 0 amide bonds. The van der Waals surface area contributed by atoms with Gasteiger partial charge in [-0.05, 0) is 18.4 Å². The van der Waals surface area contributed by atoms with Crippen molar-refractivity contribution in [1.29, 1.82) is 0 Å². The highest BCUT2D eigenvalue weighted by atomic mass is 32.2. The van der Waals surface area contributed by atoms with Gasteiger partial charge in [0.15, 0.2) is 0 Å². The normalized spacial score (nSPS) is 19.9. The van der Waals surface area contributed by atoms with Gasteiger partial charge in [0.05, 0.1) is 0 Å². The highest BCUT2D eigenvalue weighted by molar-refractivity contribution is 8.00. The lowest BCUT2D eigenvalue weighted by Gasteiger charge is -2.34. The number of hydrogen-bond donors (Lipinski definition) is 1. The average molecular weight is 299 g/mol. The van der Waals surface area contributed by atoms with E-state index in [-0.39, 0.29) is 0 Å². The van der Waals surface area contributed by atoms with Crippen LogP contribution < -0.4 is 10.6 Å². The molecule has 1 aromatic carbocycles. The average Bonchev–Trinajstić information content (AvgIpc) is 2.37. The SMILES string of the molecule is CSc1cccc(N2CCSC(C)C2)c1C(N)=S. The highest BCUT2D eigenvalue weighted by Crippen LogP contribution is 2.32. The van der Waals surface area contributed by atoms with Crippen LogP contribution >= 0.6 is 35.7 Å². The smallest absolute Gasteiger partial charge is 0.107 e. The van der Waals surface area contributed by atoms with Crippen molar-refractivity contribution >= 4 is 46.4 Å². The number of anilines is 1. The lowest BCUT2D eigenvalue weighted by atomic mass is 10.1. The summed E-state index contributed by atoms with van der Waals surface area (Å²) in [6.07, 6.45) is 2.07. The first-order chi connectivity index (χ1) is 8.63.